The summed E-state index contributed by atoms with van der Waals surface area (Å²) in [6.45, 7) is 0. The molecule has 2 aromatic rings. The highest BCUT2D eigenvalue weighted by atomic mass is 35.5. The molecule has 0 saturated carbocycles. The van der Waals surface area contributed by atoms with Crippen molar-refractivity contribution in [1.29, 1.82) is 0 Å². The van der Waals surface area contributed by atoms with Gasteiger partial charge in [-0.05, 0) is 35.3 Å². The quantitative estimate of drug-likeness (QED) is 0.386. The Hall–Kier alpha value is -2.59. The van der Waals surface area contributed by atoms with Crippen LogP contribution in [0.4, 0.5) is 17.2 Å². The number of nitrogens with one attached hydrogen (secondary N) is 1. The molecule has 0 unspecified atom stereocenters. The predicted octanol–water partition coefficient (Wildman–Crippen LogP) is 2.25. The van der Waals surface area contributed by atoms with E-state index in [1.54, 1.807) is 18.2 Å². The Morgan fingerprint density at radius 2 is 2.19 bits per heavy atom. The molecule has 0 saturated heterocycles. The molecule has 0 aliphatic carbocycles. The minimum Gasteiger partial charge on any atom is -0.373 e. The second kappa shape index (κ2) is 5.81. The molecule has 1 aromatic carbocycles. The molecule has 1 aromatic heterocycles. The number of nitrogens with zero attached hydrogens (tertiary/aromatic N) is 4. The van der Waals surface area contributed by atoms with Crippen LogP contribution in [0, 0.1) is 10.1 Å². The lowest BCUT2D eigenvalue weighted by atomic mass is 10.3. The van der Waals surface area contributed by atoms with E-state index in [0.717, 1.165) is 0 Å². The van der Waals surface area contributed by atoms with Gasteiger partial charge in [0, 0.05) is 5.02 Å². The molecule has 0 bridgehead atoms. The molecule has 0 aliphatic rings. The lowest BCUT2D eigenvalue weighted by molar-refractivity contribution is -0.388. The summed E-state index contributed by atoms with van der Waals surface area (Å²) >= 11 is 10.4. The van der Waals surface area contributed by atoms with Crippen LogP contribution in [0.5, 0.6) is 0 Å². The van der Waals surface area contributed by atoms with Crippen LogP contribution in [0.2, 0.25) is 5.02 Å². The predicted molar refractivity (Wildman–Crippen MR) is 79.5 cm³/mol. The highest BCUT2D eigenvalue weighted by Crippen LogP contribution is 2.24. The minimum atomic E-state index is -0.861. The lowest BCUT2D eigenvalue weighted by Crippen LogP contribution is -2.29. The number of rotatable bonds is 3. The van der Waals surface area contributed by atoms with E-state index in [1.165, 1.54) is 6.07 Å². The maximum atomic E-state index is 11.9. The lowest BCUT2D eigenvalue weighted by Gasteiger charge is -1.92. The van der Waals surface area contributed by atoms with Crippen LogP contribution in [-0.2, 0) is 0 Å². The zero-order valence-corrected chi connectivity index (χ0v) is 11.8. The SMILES string of the molecule is NC(=S)n1[nH]c([N+](=O)[O-])c(N=Nc2cccc(Cl)c2)c1=O. The van der Waals surface area contributed by atoms with Gasteiger partial charge < -0.3 is 15.8 Å². The Labute approximate surface area is 127 Å². The molecule has 0 spiro atoms. The smallest absolute Gasteiger partial charge is 0.373 e. The fraction of sp³-hybridized carbons (Fsp3) is 0. The highest BCUT2D eigenvalue weighted by molar-refractivity contribution is 7.80. The molecule has 2 rings (SSSR count). The molecule has 21 heavy (non-hydrogen) atoms. The number of thiocarbonyl (C=S) groups is 1. The van der Waals surface area contributed by atoms with Crippen LogP contribution in [-0.4, -0.2) is 19.8 Å². The molecule has 11 heteroatoms. The zero-order chi connectivity index (χ0) is 15.6. The second-order valence-electron chi connectivity index (χ2n) is 3.72. The Balaban J connectivity index is 2.51. The number of halogens is 1. The molecule has 0 atom stereocenters. The van der Waals surface area contributed by atoms with Crippen molar-refractivity contribution in [3.8, 4) is 0 Å². The van der Waals surface area contributed by atoms with E-state index in [-0.39, 0.29) is 5.11 Å². The summed E-state index contributed by atoms with van der Waals surface area (Å²) in [5.74, 6) is -0.654. The van der Waals surface area contributed by atoms with Crippen LogP contribution in [0.1, 0.15) is 0 Å². The van der Waals surface area contributed by atoms with Crippen molar-refractivity contribution in [3.63, 3.8) is 0 Å². The first-order valence-corrected chi connectivity index (χ1v) is 6.15. The Kier molecular flexibility index (Phi) is 4.10. The van der Waals surface area contributed by atoms with E-state index in [0.29, 0.717) is 15.4 Å². The molecule has 1 heterocycles. The zero-order valence-electron chi connectivity index (χ0n) is 10.2. The van der Waals surface area contributed by atoms with Crippen molar-refractivity contribution in [2.24, 2.45) is 16.0 Å². The molecule has 9 nitrogen and oxygen atoms in total. The molecule has 0 aliphatic heterocycles. The van der Waals surface area contributed by atoms with E-state index in [9.17, 15) is 14.9 Å². The van der Waals surface area contributed by atoms with Crippen molar-refractivity contribution in [2.75, 3.05) is 0 Å². The van der Waals surface area contributed by atoms with Gasteiger partial charge in [-0.3, -0.25) is 4.79 Å². The number of benzene rings is 1. The molecule has 0 radical (unpaired) electrons. The van der Waals surface area contributed by atoms with Gasteiger partial charge in [-0.1, -0.05) is 17.7 Å². The highest BCUT2D eigenvalue weighted by Gasteiger charge is 2.24. The van der Waals surface area contributed by atoms with Gasteiger partial charge in [0.15, 0.2) is 0 Å². The van der Waals surface area contributed by atoms with Gasteiger partial charge in [0.2, 0.25) is 10.8 Å². The van der Waals surface area contributed by atoms with Gasteiger partial charge in [-0.25, -0.2) is 0 Å². The topological polar surface area (TPSA) is 132 Å². The van der Waals surface area contributed by atoms with Crippen molar-refractivity contribution in [3.05, 3.63) is 49.8 Å². The number of aromatic amines is 1. The average molecular weight is 327 g/mol. The Morgan fingerprint density at radius 3 is 2.76 bits per heavy atom. The van der Waals surface area contributed by atoms with Crippen molar-refractivity contribution in [1.82, 2.24) is 9.78 Å². The van der Waals surface area contributed by atoms with Crippen LogP contribution < -0.4 is 11.3 Å². The van der Waals surface area contributed by atoms with Gasteiger partial charge in [-0.15, -0.1) is 9.80 Å². The van der Waals surface area contributed by atoms with Gasteiger partial charge in [0.25, 0.3) is 0 Å². The summed E-state index contributed by atoms with van der Waals surface area (Å²) in [6, 6.07) is 6.30. The van der Waals surface area contributed by atoms with Crippen molar-refractivity contribution >= 4 is 46.1 Å². The largest absolute Gasteiger partial charge is 0.373 e. The van der Waals surface area contributed by atoms with Gasteiger partial charge >= 0.3 is 11.4 Å². The third kappa shape index (κ3) is 3.12. The van der Waals surface area contributed by atoms with Crippen LogP contribution in [0.25, 0.3) is 0 Å². The molecule has 0 fully saturated rings. The summed E-state index contributed by atoms with van der Waals surface area (Å²) in [7, 11) is 0. The number of nitrogens with two attached hydrogens (primary N) is 1. The first-order chi connectivity index (χ1) is 9.90. The maximum absolute atomic E-state index is 11.9. The van der Waals surface area contributed by atoms with E-state index >= 15 is 0 Å². The second-order valence-corrected chi connectivity index (χ2v) is 4.58. The summed E-state index contributed by atoms with van der Waals surface area (Å²) in [6.07, 6.45) is 0. The van der Waals surface area contributed by atoms with E-state index in [1.807, 2.05) is 0 Å². The summed E-state index contributed by atoms with van der Waals surface area (Å²) in [5, 5.41) is 20.4. The Morgan fingerprint density at radius 1 is 1.48 bits per heavy atom. The number of hydrogen-bond donors (Lipinski definition) is 2. The molecule has 0 amide bonds. The Bertz CT molecular complexity index is 811. The number of aromatic nitrogens is 2. The number of nitro groups is 1. The summed E-state index contributed by atoms with van der Waals surface area (Å²) in [5.41, 5.74) is 4.24. The number of H-pyrrole nitrogens is 1. The van der Waals surface area contributed by atoms with Crippen LogP contribution >= 0.6 is 23.8 Å². The molecular formula is C10H7ClN6O3S. The normalized spacial score (nSPS) is 10.9. The summed E-state index contributed by atoms with van der Waals surface area (Å²) < 4.78 is 0.639. The number of hydrogen-bond acceptors (Lipinski definition) is 6. The van der Waals surface area contributed by atoms with Crippen LogP contribution in [0.15, 0.2) is 39.3 Å². The molecule has 3 N–H and O–H groups in total. The molecule has 108 valence electrons. The average Bonchev–Trinajstić information content (AvgIpc) is 2.74. The third-order valence-corrected chi connectivity index (χ3v) is 2.74. The van der Waals surface area contributed by atoms with Gasteiger partial charge in [0.1, 0.15) is 0 Å². The fourth-order valence-electron chi connectivity index (χ4n) is 1.44. The number of azo groups is 1. The van der Waals surface area contributed by atoms with E-state index in [2.05, 4.69) is 27.5 Å². The van der Waals surface area contributed by atoms with Gasteiger partial charge in [-0.2, -0.15) is 10.2 Å². The van der Waals surface area contributed by atoms with E-state index < -0.39 is 22.0 Å². The monoisotopic (exact) mass is 326 g/mol. The fourth-order valence-corrected chi connectivity index (χ4v) is 1.75. The first-order valence-electron chi connectivity index (χ1n) is 5.36. The van der Waals surface area contributed by atoms with Crippen molar-refractivity contribution < 1.29 is 4.92 Å². The first kappa shape index (κ1) is 14.8. The summed E-state index contributed by atoms with van der Waals surface area (Å²) in [4.78, 5) is 22.0. The maximum Gasteiger partial charge on any atom is 0.373 e. The standard InChI is InChI=1S/C10H7ClN6O3S/c11-5-2-1-3-6(4-5)13-14-7-8(17(19)20)15-16(9(7)18)10(12)21/h1-4,15H,(H2,12,21). The van der Waals surface area contributed by atoms with Crippen LogP contribution in [0.3, 0.4) is 0 Å². The van der Waals surface area contributed by atoms with Gasteiger partial charge in [0.05, 0.1) is 5.69 Å². The molecular weight excluding hydrogens is 320 g/mol. The minimum absolute atomic E-state index is 0.333. The third-order valence-electron chi connectivity index (χ3n) is 2.32. The van der Waals surface area contributed by atoms with E-state index in [4.69, 9.17) is 17.3 Å². The van der Waals surface area contributed by atoms with Crippen molar-refractivity contribution in [2.45, 2.75) is 0 Å².